The molecule has 1 aromatic carbocycles. The fourth-order valence-corrected chi connectivity index (χ4v) is 3.90. The normalized spacial score (nSPS) is 17.0. The first-order valence-electron chi connectivity index (χ1n) is 9.22. The number of H-pyrrole nitrogens is 1. The molecule has 8 heteroatoms. The predicted octanol–water partition coefficient (Wildman–Crippen LogP) is 3.58. The number of fused-ring (bicyclic) bond motifs is 1. The summed E-state index contributed by atoms with van der Waals surface area (Å²) in [4.78, 5) is 22.5. The molecule has 2 amide bonds. The van der Waals surface area contributed by atoms with Gasteiger partial charge in [0.25, 0.3) is 0 Å². The Kier molecular flexibility index (Phi) is 4.78. The lowest BCUT2D eigenvalue weighted by molar-refractivity contribution is 0.190. The van der Waals surface area contributed by atoms with E-state index in [2.05, 4.69) is 20.4 Å². The Hall–Kier alpha value is -2.54. The van der Waals surface area contributed by atoms with Crippen LogP contribution in [0.4, 0.5) is 4.79 Å². The number of aromatic amines is 1. The molecule has 7 nitrogen and oxygen atoms in total. The zero-order valence-corrected chi connectivity index (χ0v) is 16.3. The summed E-state index contributed by atoms with van der Waals surface area (Å²) < 4.78 is 1.92. The second kappa shape index (κ2) is 7.23. The highest BCUT2D eigenvalue weighted by atomic mass is 35.5. The number of aryl methyl sites for hydroxylation is 2. The zero-order valence-electron chi connectivity index (χ0n) is 15.5. The third-order valence-electron chi connectivity index (χ3n) is 4.99. The van der Waals surface area contributed by atoms with Gasteiger partial charge >= 0.3 is 6.03 Å². The minimum Gasteiger partial charge on any atom is -0.340 e. The molecule has 0 spiro atoms. The summed E-state index contributed by atoms with van der Waals surface area (Å²) in [5, 5.41) is 8.11. The number of nitrogens with zero attached hydrogens (tertiary/aromatic N) is 4. The van der Waals surface area contributed by atoms with Crippen LogP contribution in [-0.2, 0) is 6.54 Å². The fraction of sp³-hybridized carbons (Fsp3) is 0.421. The molecule has 3 aromatic rings. The second-order valence-electron chi connectivity index (χ2n) is 7.02. The fourth-order valence-electron chi connectivity index (χ4n) is 3.73. The van der Waals surface area contributed by atoms with Crippen molar-refractivity contribution in [2.45, 2.75) is 39.3 Å². The van der Waals surface area contributed by atoms with Gasteiger partial charge in [-0.3, -0.25) is 4.68 Å². The lowest BCUT2D eigenvalue weighted by Gasteiger charge is -2.23. The quantitative estimate of drug-likeness (QED) is 0.719. The maximum Gasteiger partial charge on any atom is 0.318 e. The molecule has 2 N–H and O–H groups in total. The maximum atomic E-state index is 12.7. The van der Waals surface area contributed by atoms with Gasteiger partial charge in [-0.25, -0.2) is 9.78 Å². The second-order valence-corrected chi connectivity index (χ2v) is 7.45. The van der Waals surface area contributed by atoms with Gasteiger partial charge in [-0.15, -0.1) is 0 Å². The highest BCUT2D eigenvalue weighted by Crippen LogP contribution is 2.31. The SMILES string of the molecule is Cc1cc(C)n(CCNC(=O)N2CCCC2c2nc3ccc(Cl)cc3[nH]2)n1. The number of amides is 2. The van der Waals surface area contributed by atoms with Gasteiger partial charge in [0.2, 0.25) is 0 Å². The van der Waals surface area contributed by atoms with E-state index in [-0.39, 0.29) is 12.1 Å². The van der Waals surface area contributed by atoms with E-state index in [4.69, 9.17) is 11.6 Å². The Balaban J connectivity index is 1.42. The smallest absolute Gasteiger partial charge is 0.318 e. The maximum absolute atomic E-state index is 12.7. The number of carbonyl (C=O) groups excluding carboxylic acids is 1. The number of hydrogen-bond donors (Lipinski definition) is 2. The number of hydrogen-bond acceptors (Lipinski definition) is 3. The Labute approximate surface area is 162 Å². The molecule has 4 rings (SSSR count). The third kappa shape index (κ3) is 3.64. The van der Waals surface area contributed by atoms with Gasteiger partial charge in [-0.1, -0.05) is 11.6 Å². The number of aromatic nitrogens is 4. The van der Waals surface area contributed by atoms with Gasteiger partial charge in [-0.2, -0.15) is 5.10 Å². The van der Waals surface area contributed by atoms with Crippen molar-refractivity contribution < 1.29 is 4.79 Å². The molecule has 1 saturated heterocycles. The molecule has 0 saturated carbocycles. The summed E-state index contributed by atoms with van der Waals surface area (Å²) in [6, 6.07) is 7.52. The van der Waals surface area contributed by atoms with E-state index >= 15 is 0 Å². The molecule has 2 aromatic heterocycles. The Morgan fingerprint density at radius 1 is 1.37 bits per heavy atom. The van der Waals surface area contributed by atoms with Crippen molar-refractivity contribution >= 4 is 28.7 Å². The first-order chi connectivity index (χ1) is 13.0. The van der Waals surface area contributed by atoms with Crippen molar-refractivity contribution in [2.24, 2.45) is 0 Å². The number of likely N-dealkylation sites (tertiary alicyclic amines) is 1. The predicted molar refractivity (Wildman–Crippen MR) is 105 cm³/mol. The van der Waals surface area contributed by atoms with Gasteiger partial charge in [0.05, 0.1) is 29.3 Å². The van der Waals surface area contributed by atoms with E-state index in [0.29, 0.717) is 18.1 Å². The topological polar surface area (TPSA) is 78.8 Å². The molecule has 1 aliphatic rings. The minimum atomic E-state index is -0.0579. The zero-order chi connectivity index (χ0) is 19.0. The van der Waals surface area contributed by atoms with E-state index in [0.717, 1.165) is 47.6 Å². The van der Waals surface area contributed by atoms with Crippen LogP contribution < -0.4 is 5.32 Å². The van der Waals surface area contributed by atoms with Crippen LogP contribution in [0.1, 0.15) is 36.1 Å². The number of halogens is 1. The molecule has 0 radical (unpaired) electrons. The molecule has 3 heterocycles. The molecular formula is C19H23ClN6O. The number of rotatable bonds is 4. The number of carbonyl (C=O) groups is 1. The van der Waals surface area contributed by atoms with Crippen molar-refractivity contribution in [3.8, 4) is 0 Å². The molecule has 0 aliphatic carbocycles. The Bertz CT molecular complexity index is 978. The highest BCUT2D eigenvalue weighted by Gasteiger charge is 2.32. The van der Waals surface area contributed by atoms with Crippen LogP contribution in [0.25, 0.3) is 11.0 Å². The van der Waals surface area contributed by atoms with Gasteiger partial charge < -0.3 is 15.2 Å². The first-order valence-corrected chi connectivity index (χ1v) is 9.60. The number of nitrogens with one attached hydrogen (secondary N) is 2. The molecule has 1 unspecified atom stereocenters. The summed E-state index contributed by atoms with van der Waals surface area (Å²) in [6.45, 7) is 5.92. The first kappa shape index (κ1) is 17.9. The lowest BCUT2D eigenvalue weighted by atomic mass is 10.2. The van der Waals surface area contributed by atoms with E-state index in [1.807, 2.05) is 47.7 Å². The van der Waals surface area contributed by atoms with Crippen LogP contribution in [0.3, 0.4) is 0 Å². The summed E-state index contributed by atoms with van der Waals surface area (Å²) in [7, 11) is 0. The van der Waals surface area contributed by atoms with Gasteiger partial charge in [0.1, 0.15) is 5.82 Å². The van der Waals surface area contributed by atoms with Crippen LogP contribution in [0, 0.1) is 13.8 Å². The summed E-state index contributed by atoms with van der Waals surface area (Å²) in [5.41, 5.74) is 3.85. The number of benzene rings is 1. The molecular weight excluding hydrogens is 364 g/mol. The van der Waals surface area contributed by atoms with Gasteiger partial charge in [0, 0.05) is 23.8 Å². The molecule has 1 atom stereocenters. The van der Waals surface area contributed by atoms with E-state index in [9.17, 15) is 4.79 Å². The molecule has 1 aliphatic heterocycles. The van der Waals surface area contributed by atoms with E-state index < -0.39 is 0 Å². The van der Waals surface area contributed by atoms with E-state index in [1.54, 1.807) is 0 Å². The largest absolute Gasteiger partial charge is 0.340 e. The molecule has 1 fully saturated rings. The summed E-state index contributed by atoms with van der Waals surface area (Å²) in [6.07, 6.45) is 1.87. The van der Waals surface area contributed by atoms with E-state index in [1.165, 1.54) is 0 Å². The standard InChI is InChI=1S/C19H23ClN6O/c1-12-10-13(2)26(24-12)9-7-21-19(27)25-8-3-4-17(25)18-22-15-6-5-14(20)11-16(15)23-18/h5-6,10-11,17H,3-4,7-9H2,1-2H3,(H,21,27)(H,22,23). The lowest BCUT2D eigenvalue weighted by Crippen LogP contribution is -2.41. The van der Waals surface area contributed by atoms with Crippen LogP contribution in [0.2, 0.25) is 5.02 Å². The monoisotopic (exact) mass is 386 g/mol. The van der Waals surface area contributed by atoms with Crippen LogP contribution in [-0.4, -0.2) is 43.8 Å². The summed E-state index contributed by atoms with van der Waals surface area (Å²) >= 11 is 6.06. The Morgan fingerprint density at radius 3 is 3.00 bits per heavy atom. The van der Waals surface area contributed by atoms with Crippen LogP contribution in [0.15, 0.2) is 24.3 Å². The summed E-state index contributed by atoms with van der Waals surface area (Å²) in [5.74, 6) is 0.818. The van der Waals surface area contributed by atoms with Gasteiger partial charge in [0.15, 0.2) is 0 Å². The van der Waals surface area contributed by atoms with Crippen molar-refractivity contribution in [3.05, 3.63) is 46.5 Å². The Morgan fingerprint density at radius 2 is 2.22 bits per heavy atom. The van der Waals surface area contributed by atoms with Crippen molar-refractivity contribution in [2.75, 3.05) is 13.1 Å². The number of imidazole rings is 1. The highest BCUT2D eigenvalue weighted by molar-refractivity contribution is 6.31. The van der Waals surface area contributed by atoms with Crippen molar-refractivity contribution in [1.82, 2.24) is 30.0 Å². The van der Waals surface area contributed by atoms with Crippen molar-refractivity contribution in [1.29, 1.82) is 0 Å². The van der Waals surface area contributed by atoms with Crippen molar-refractivity contribution in [3.63, 3.8) is 0 Å². The number of urea groups is 1. The van der Waals surface area contributed by atoms with Crippen LogP contribution in [0.5, 0.6) is 0 Å². The molecule has 27 heavy (non-hydrogen) atoms. The minimum absolute atomic E-state index is 0.0372. The van der Waals surface area contributed by atoms with Crippen LogP contribution >= 0.6 is 11.6 Å². The third-order valence-corrected chi connectivity index (χ3v) is 5.23. The molecule has 142 valence electrons. The average Bonchev–Trinajstić information content (AvgIpc) is 3.32. The average molecular weight is 387 g/mol. The molecule has 0 bridgehead atoms. The van der Waals surface area contributed by atoms with Gasteiger partial charge in [-0.05, 0) is 51.0 Å².